The van der Waals surface area contributed by atoms with Gasteiger partial charge >= 0.3 is 0 Å². The minimum absolute atomic E-state index is 0.732. The number of hydrogen-bond donors (Lipinski definition) is 0. The summed E-state index contributed by atoms with van der Waals surface area (Å²) in [5, 5.41) is 0. The predicted molar refractivity (Wildman–Crippen MR) is 119 cm³/mol. The van der Waals surface area contributed by atoms with E-state index in [9.17, 15) is 0 Å². The van der Waals surface area contributed by atoms with Gasteiger partial charge in [-0.2, -0.15) is 0 Å². The van der Waals surface area contributed by atoms with Crippen LogP contribution in [-0.2, 0) is 7.05 Å². The average Bonchev–Trinajstić information content (AvgIpc) is 2.71. The number of aryl methyl sites for hydroxylation is 3. The summed E-state index contributed by atoms with van der Waals surface area (Å²) in [6.07, 6.45) is 9.10. The van der Waals surface area contributed by atoms with Crippen molar-refractivity contribution in [1.29, 1.82) is 0 Å². The first-order chi connectivity index (χ1) is 13.6. The van der Waals surface area contributed by atoms with E-state index in [0.717, 1.165) is 5.92 Å². The van der Waals surface area contributed by atoms with Crippen molar-refractivity contribution >= 4 is 0 Å². The molecule has 1 aliphatic rings. The maximum absolute atomic E-state index is 2.45. The van der Waals surface area contributed by atoms with Gasteiger partial charge in [-0.05, 0) is 79.0 Å². The molecule has 1 nitrogen and oxygen atoms in total. The molecule has 0 radical (unpaired) electrons. The molecule has 0 aliphatic heterocycles. The molecule has 1 saturated carbocycles. The Bertz CT molecular complexity index is 993. The fourth-order valence-corrected chi connectivity index (χ4v) is 4.94. The van der Waals surface area contributed by atoms with Gasteiger partial charge in [0.25, 0.3) is 0 Å². The molecule has 1 aliphatic carbocycles. The Labute approximate surface area is 170 Å². The SMILES string of the molecule is Cc1ccccc1-c1c(C)ccc(-c2cc(C3CCCCC3)cc[n+]2C)c1C. The van der Waals surface area contributed by atoms with E-state index in [0.29, 0.717) is 0 Å². The standard InChI is InChI=1S/C27H32N/c1-19-10-8-9-13-24(19)27-20(2)14-15-25(21(27)3)26-18-23(16-17-28(26)4)22-11-6-5-7-12-22/h8-10,13-18,22H,5-7,11-12H2,1-4H3/q+1. The van der Waals surface area contributed by atoms with Gasteiger partial charge in [-0.25, -0.2) is 4.57 Å². The first-order valence-electron chi connectivity index (χ1n) is 10.7. The van der Waals surface area contributed by atoms with E-state index in [1.54, 1.807) is 0 Å². The van der Waals surface area contributed by atoms with Crippen LogP contribution in [0, 0.1) is 20.8 Å². The van der Waals surface area contributed by atoms with Crippen LogP contribution in [0.2, 0.25) is 0 Å². The fraction of sp³-hybridized carbons (Fsp3) is 0.370. The summed E-state index contributed by atoms with van der Waals surface area (Å²) in [5.41, 5.74) is 11.0. The quantitative estimate of drug-likeness (QED) is 0.445. The summed E-state index contributed by atoms with van der Waals surface area (Å²) in [6.45, 7) is 6.74. The second-order valence-electron chi connectivity index (χ2n) is 8.54. The van der Waals surface area contributed by atoms with Gasteiger partial charge in [0.15, 0.2) is 6.20 Å². The molecular formula is C27H32N+. The number of rotatable bonds is 3. The highest BCUT2D eigenvalue weighted by molar-refractivity contribution is 5.80. The molecule has 0 atom stereocenters. The number of hydrogen-bond acceptors (Lipinski definition) is 0. The lowest BCUT2D eigenvalue weighted by atomic mass is 9.83. The average molecular weight is 371 g/mol. The topological polar surface area (TPSA) is 3.88 Å². The highest BCUT2D eigenvalue weighted by Crippen LogP contribution is 2.37. The number of aromatic nitrogens is 1. The molecule has 1 aromatic heterocycles. The molecule has 1 heterocycles. The van der Waals surface area contributed by atoms with Crippen molar-refractivity contribution in [3.63, 3.8) is 0 Å². The van der Waals surface area contributed by atoms with Gasteiger partial charge < -0.3 is 0 Å². The van der Waals surface area contributed by atoms with E-state index in [1.807, 2.05) is 0 Å². The first kappa shape index (κ1) is 18.9. The zero-order valence-electron chi connectivity index (χ0n) is 17.8. The minimum atomic E-state index is 0.732. The van der Waals surface area contributed by atoms with Crippen LogP contribution in [0.3, 0.4) is 0 Å². The van der Waals surface area contributed by atoms with Gasteiger partial charge in [0.2, 0.25) is 5.69 Å². The predicted octanol–water partition coefficient (Wildman–Crippen LogP) is 6.82. The molecule has 0 spiro atoms. The molecule has 0 unspecified atom stereocenters. The van der Waals surface area contributed by atoms with E-state index in [4.69, 9.17) is 0 Å². The molecule has 28 heavy (non-hydrogen) atoms. The van der Waals surface area contributed by atoms with Gasteiger partial charge in [0.1, 0.15) is 7.05 Å². The lowest BCUT2D eigenvalue weighted by Gasteiger charge is -2.22. The Balaban J connectivity index is 1.84. The van der Waals surface area contributed by atoms with E-state index in [-0.39, 0.29) is 0 Å². The zero-order valence-corrected chi connectivity index (χ0v) is 17.8. The molecule has 0 saturated heterocycles. The van der Waals surface area contributed by atoms with Crippen molar-refractivity contribution in [3.05, 3.63) is 77.0 Å². The monoisotopic (exact) mass is 370 g/mol. The van der Waals surface area contributed by atoms with Gasteiger partial charge in [-0.1, -0.05) is 49.6 Å². The van der Waals surface area contributed by atoms with Crippen LogP contribution >= 0.6 is 0 Å². The molecule has 4 rings (SSSR count). The van der Waals surface area contributed by atoms with E-state index in [2.05, 4.69) is 87.1 Å². The summed E-state index contributed by atoms with van der Waals surface area (Å²) in [4.78, 5) is 0. The van der Waals surface area contributed by atoms with Gasteiger partial charge in [0.05, 0.1) is 0 Å². The van der Waals surface area contributed by atoms with Crippen molar-refractivity contribution < 1.29 is 4.57 Å². The van der Waals surface area contributed by atoms with Crippen LogP contribution in [0.25, 0.3) is 22.4 Å². The molecule has 0 N–H and O–H groups in total. The molecule has 0 bridgehead atoms. The van der Waals surface area contributed by atoms with Gasteiger partial charge in [-0.3, -0.25) is 0 Å². The summed E-state index contributed by atoms with van der Waals surface area (Å²) in [5.74, 6) is 0.732. The Morgan fingerprint density at radius 1 is 0.786 bits per heavy atom. The van der Waals surface area contributed by atoms with Gasteiger partial charge in [-0.15, -0.1) is 0 Å². The molecule has 2 aromatic carbocycles. The van der Waals surface area contributed by atoms with Crippen molar-refractivity contribution in [2.75, 3.05) is 0 Å². The number of benzene rings is 2. The molecule has 144 valence electrons. The molecule has 0 amide bonds. The fourth-order valence-electron chi connectivity index (χ4n) is 4.94. The lowest BCUT2D eigenvalue weighted by molar-refractivity contribution is -0.660. The van der Waals surface area contributed by atoms with Crippen molar-refractivity contribution in [1.82, 2.24) is 0 Å². The third-order valence-corrected chi connectivity index (χ3v) is 6.61. The van der Waals surface area contributed by atoms with Crippen LogP contribution in [-0.4, -0.2) is 0 Å². The second kappa shape index (κ2) is 7.91. The number of pyridine rings is 1. The highest BCUT2D eigenvalue weighted by Gasteiger charge is 2.22. The minimum Gasteiger partial charge on any atom is -0.201 e. The van der Waals surface area contributed by atoms with Crippen molar-refractivity contribution in [2.24, 2.45) is 7.05 Å². The zero-order chi connectivity index (χ0) is 19.7. The van der Waals surface area contributed by atoms with Crippen LogP contribution < -0.4 is 4.57 Å². The Kier molecular flexibility index (Phi) is 5.35. The molecule has 3 aromatic rings. The normalized spacial score (nSPS) is 15.0. The smallest absolute Gasteiger partial charge is 0.201 e. The van der Waals surface area contributed by atoms with Crippen LogP contribution in [0.15, 0.2) is 54.7 Å². The number of nitrogens with zero attached hydrogens (tertiary/aromatic N) is 1. The maximum Gasteiger partial charge on any atom is 0.212 e. The second-order valence-corrected chi connectivity index (χ2v) is 8.54. The van der Waals surface area contributed by atoms with E-state index < -0.39 is 0 Å². The molecular weight excluding hydrogens is 338 g/mol. The summed E-state index contributed by atoms with van der Waals surface area (Å²) in [7, 11) is 2.17. The summed E-state index contributed by atoms with van der Waals surface area (Å²) < 4.78 is 2.28. The Morgan fingerprint density at radius 2 is 1.54 bits per heavy atom. The van der Waals surface area contributed by atoms with Crippen LogP contribution in [0.5, 0.6) is 0 Å². The third kappa shape index (κ3) is 3.51. The van der Waals surface area contributed by atoms with E-state index >= 15 is 0 Å². The lowest BCUT2D eigenvalue weighted by Crippen LogP contribution is -2.31. The Morgan fingerprint density at radius 3 is 2.29 bits per heavy atom. The van der Waals surface area contributed by atoms with Crippen molar-refractivity contribution in [2.45, 2.75) is 58.8 Å². The molecule has 1 fully saturated rings. The van der Waals surface area contributed by atoms with Gasteiger partial charge in [0, 0.05) is 17.7 Å². The Hall–Kier alpha value is -2.41. The van der Waals surface area contributed by atoms with E-state index in [1.165, 1.54) is 76.7 Å². The van der Waals surface area contributed by atoms with Crippen LogP contribution in [0.1, 0.15) is 60.3 Å². The first-order valence-corrected chi connectivity index (χ1v) is 10.7. The third-order valence-electron chi connectivity index (χ3n) is 6.61. The van der Waals surface area contributed by atoms with Crippen molar-refractivity contribution in [3.8, 4) is 22.4 Å². The summed E-state index contributed by atoms with van der Waals surface area (Å²) >= 11 is 0. The van der Waals surface area contributed by atoms with Crippen LogP contribution in [0.4, 0.5) is 0 Å². The molecule has 1 heteroatoms. The largest absolute Gasteiger partial charge is 0.212 e. The summed E-state index contributed by atoms with van der Waals surface area (Å²) in [6, 6.07) is 18.1. The highest BCUT2D eigenvalue weighted by atomic mass is 14.9. The maximum atomic E-state index is 2.45.